The molecule has 0 saturated heterocycles. The van der Waals surface area contributed by atoms with Gasteiger partial charge in [-0.1, -0.05) is 54.0 Å². The second kappa shape index (κ2) is 5.18. The maximum atomic E-state index is 6.41. The molecule has 0 fully saturated rings. The lowest BCUT2D eigenvalue weighted by Crippen LogP contribution is -2.30. The van der Waals surface area contributed by atoms with Crippen LogP contribution in [0.3, 0.4) is 0 Å². The predicted octanol–water partition coefficient (Wildman–Crippen LogP) is 3.43. The van der Waals surface area contributed by atoms with Crippen molar-refractivity contribution in [1.29, 1.82) is 0 Å². The quantitative estimate of drug-likeness (QED) is 0.451. The van der Waals surface area contributed by atoms with Crippen LogP contribution in [0.5, 0.6) is 0 Å². The van der Waals surface area contributed by atoms with E-state index in [0.717, 1.165) is 5.33 Å². The summed E-state index contributed by atoms with van der Waals surface area (Å²) in [5.41, 5.74) is 1.91. The van der Waals surface area contributed by atoms with Gasteiger partial charge < -0.3 is 0 Å². The van der Waals surface area contributed by atoms with E-state index in [1.165, 1.54) is 10.8 Å². The Morgan fingerprint density at radius 2 is 2.00 bits per heavy atom. The van der Waals surface area contributed by atoms with E-state index in [0.29, 0.717) is 5.54 Å². The molecular formula is C10H13BrClSi. The van der Waals surface area contributed by atoms with Crippen LogP contribution < -0.4 is 5.19 Å². The average molecular weight is 277 g/mol. The van der Waals surface area contributed by atoms with Gasteiger partial charge >= 0.3 is 0 Å². The fourth-order valence-electron chi connectivity index (χ4n) is 1.18. The number of benzene rings is 1. The normalized spacial score (nSPS) is 11.2. The summed E-state index contributed by atoms with van der Waals surface area (Å²) >= 11 is 9.89. The molecule has 1 radical (unpaired) electrons. The molecule has 1 aromatic carbocycles. The lowest BCUT2D eigenvalue weighted by molar-refractivity contribution is 1.06. The standard InChI is InChI=1S/C10H13BrClSi/c1-8(2)13(12)10-6-4-3-5-9(10)7-11/h3-6,8H,7H2,1-2H3. The van der Waals surface area contributed by atoms with Crippen molar-refractivity contribution in [1.82, 2.24) is 0 Å². The van der Waals surface area contributed by atoms with Gasteiger partial charge in [-0.3, -0.25) is 0 Å². The van der Waals surface area contributed by atoms with Gasteiger partial charge in [-0.05, 0) is 16.3 Å². The number of alkyl halides is 1. The highest BCUT2D eigenvalue weighted by molar-refractivity contribution is 9.08. The summed E-state index contributed by atoms with van der Waals surface area (Å²) in [7, 11) is -0.884. The van der Waals surface area contributed by atoms with Crippen LogP contribution in [0.2, 0.25) is 5.54 Å². The molecular weight excluding hydrogens is 264 g/mol. The zero-order valence-corrected chi connectivity index (χ0v) is 11.2. The Morgan fingerprint density at radius 3 is 2.54 bits per heavy atom. The zero-order valence-electron chi connectivity index (χ0n) is 7.85. The monoisotopic (exact) mass is 275 g/mol. The van der Waals surface area contributed by atoms with Crippen LogP contribution >= 0.6 is 27.0 Å². The summed E-state index contributed by atoms with van der Waals surface area (Å²) in [6.07, 6.45) is 0. The first-order valence-corrected chi connectivity index (χ1v) is 8.04. The van der Waals surface area contributed by atoms with Gasteiger partial charge in [-0.25, -0.2) is 0 Å². The summed E-state index contributed by atoms with van der Waals surface area (Å²) in [5, 5.41) is 2.25. The minimum atomic E-state index is -0.884. The molecule has 0 unspecified atom stereocenters. The third kappa shape index (κ3) is 2.83. The van der Waals surface area contributed by atoms with Crippen LogP contribution in [-0.2, 0) is 5.33 Å². The minimum Gasteiger partial charge on any atom is -0.162 e. The molecule has 0 aliphatic heterocycles. The lowest BCUT2D eigenvalue weighted by Gasteiger charge is -2.14. The van der Waals surface area contributed by atoms with E-state index in [1.807, 2.05) is 0 Å². The molecule has 3 heteroatoms. The molecule has 71 valence electrons. The van der Waals surface area contributed by atoms with Gasteiger partial charge in [0.05, 0.1) is 0 Å². The second-order valence-electron chi connectivity index (χ2n) is 3.29. The molecule has 0 atom stereocenters. The Labute approximate surface area is 94.7 Å². The SMILES string of the molecule is CC(C)[Si](Cl)c1ccccc1CBr. The van der Waals surface area contributed by atoms with Gasteiger partial charge in [0.1, 0.15) is 0 Å². The Kier molecular flexibility index (Phi) is 4.49. The summed E-state index contributed by atoms with van der Waals surface area (Å²) in [6, 6.07) is 8.42. The predicted molar refractivity (Wildman–Crippen MR) is 65.4 cm³/mol. The van der Waals surface area contributed by atoms with E-state index < -0.39 is 8.11 Å². The molecule has 1 rings (SSSR count). The summed E-state index contributed by atoms with van der Waals surface area (Å²) in [5.74, 6) is 0. The van der Waals surface area contributed by atoms with E-state index in [-0.39, 0.29) is 0 Å². The first-order chi connectivity index (χ1) is 6.16. The van der Waals surface area contributed by atoms with Crippen molar-refractivity contribution in [2.24, 2.45) is 0 Å². The van der Waals surface area contributed by atoms with Crippen molar-refractivity contribution >= 4 is 40.3 Å². The summed E-state index contributed by atoms with van der Waals surface area (Å²) in [4.78, 5) is 0. The maximum Gasteiger partial charge on any atom is 0.202 e. The van der Waals surface area contributed by atoms with Crippen LogP contribution in [0, 0.1) is 0 Å². The van der Waals surface area contributed by atoms with E-state index >= 15 is 0 Å². The van der Waals surface area contributed by atoms with E-state index in [2.05, 4.69) is 54.0 Å². The maximum absolute atomic E-state index is 6.41. The molecule has 0 aliphatic rings. The minimum absolute atomic E-state index is 0.576. The van der Waals surface area contributed by atoms with Gasteiger partial charge in [0, 0.05) is 5.33 Å². The smallest absolute Gasteiger partial charge is 0.162 e. The van der Waals surface area contributed by atoms with Crippen LogP contribution in [0.1, 0.15) is 19.4 Å². The van der Waals surface area contributed by atoms with E-state index in [4.69, 9.17) is 11.1 Å². The van der Waals surface area contributed by atoms with Gasteiger partial charge in [0.15, 0.2) is 0 Å². The first kappa shape index (κ1) is 11.3. The molecule has 0 N–H and O–H groups in total. The fourth-order valence-corrected chi connectivity index (χ4v) is 3.84. The number of halogens is 2. The molecule has 0 bridgehead atoms. The Balaban J connectivity index is 2.98. The van der Waals surface area contributed by atoms with Crippen molar-refractivity contribution in [3.8, 4) is 0 Å². The largest absolute Gasteiger partial charge is 0.202 e. The number of hydrogen-bond acceptors (Lipinski definition) is 0. The second-order valence-corrected chi connectivity index (χ2v) is 7.47. The highest BCUT2D eigenvalue weighted by atomic mass is 79.9. The Hall–Kier alpha value is 0.207. The molecule has 0 heterocycles. The third-order valence-electron chi connectivity index (χ3n) is 1.93. The van der Waals surface area contributed by atoms with Crippen molar-refractivity contribution in [2.45, 2.75) is 24.7 Å². The van der Waals surface area contributed by atoms with E-state index in [9.17, 15) is 0 Å². The first-order valence-electron chi connectivity index (χ1n) is 4.33. The molecule has 0 nitrogen and oxygen atoms in total. The topological polar surface area (TPSA) is 0 Å². The molecule has 0 spiro atoms. The lowest BCUT2D eigenvalue weighted by atomic mass is 10.2. The van der Waals surface area contributed by atoms with Crippen LogP contribution in [0.4, 0.5) is 0 Å². The molecule has 1 aromatic rings. The summed E-state index contributed by atoms with van der Waals surface area (Å²) < 4.78 is 0. The highest BCUT2D eigenvalue weighted by Gasteiger charge is 2.18. The summed E-state index contributed by atoms with van der Waals surface area (Å²) in [6.45, 7) is 4.37. The average Bonchev–Trinajstić information content (AvgIpc) is 2.16. The number of rotatable bonds is 3. The third-order valence-corrected chi connectivity index (χ3v) is 6.47. The van der Waals surface area contributed by atoms with Crippen LogP contribution in [0.25, 0.3) is 0 Å². The Morgan fingerprint density at radius 1 is 1.38 bits per heavy atom. The molecule has 13 heavy (non-hydrogen) atoms. The zero-order chi connectivity index (χ0) is 9.84. The van der Waals surface area contributed by atoms with Crippen molar-refractivity contribution in [3.05, 3.63) is 29.8 Å². The van der Waals surface area contributed by atoms with Gasteiger partial charge in [-0.2, -0.15) is 11.1 Å². The van der Waals surface area contributed by atoms with Crippen molar-refractivity contribution in [2.75, 3.05) is 0 Å². The molecule has 0 aliphatic carbocycles. The number of hydrogen-bond donors (Lipinski definition) is 0. The van der Waals surface area contributed by atoms with Crippen molar-refractivity contribution in [3.63, 3.8) is 0 Å². The fraction of sp³-hybridized carbons (Fsp3) is 0.400. The van der Waals surface area contributed by atoms with Gasteiger partial charge in [0.2, 0.25) is 8.11 Å². The Bertz CT molecular complexity index is 275. The molecule has 0 saturated carbocycles. The van der Waals surface area contributed by atoms with Gasteiger partial charge in [-0.15, -0.1) is 0 Å². The highest BCUT2D eigenvalue weighted by Crippen LogP contribution is 2.14. The van der Waals surface area contributed by atoms with E-state index in [1.54, 1.807) is 0 Å². The van der Waals surface area contributed by atoms with Crippen LogP contribution in [-0.4, -0.2) is 8.11 Å². The van der Waals surface area contributed by atoms with Crippen LogP contribution in [0.15, 0.2) is 24.3 Å². The molecule has 0 aromatic heterocycles. The molecule has 0 amide bonds. The van der Waals surface area contributed by atoms with Crippen molar-refractivity contribution < 1.29 is 0 Å². The van der Waals surface area contributed by atoms with Gasteiger partial charge in [0.25, 0.3) is 0 Å².